The van der Waals surface area contributed by atoms with Crippen molar-refractivity contribution in [2.45, 2.75) is 39.7 Å². The van der Waals surface area contributed by atoms with Gasteiger partial charge in [0.1, 0.15) is 0 Å². The van der Waals surface area contributed by atoms with Crippen LogP contribution in [0, 0.1) is 11.3 Å². The molecule has 0 aliphatic carbocycles. The number of hydrogen-bond acceptors (Lipinski definition) is 4. The molecule has 2 atom stereocenters. The third kappa shape index (κ3) is 4.49. The first-order chi connectivity index (χ1) is 7.39. The van der Waals surface area contributed by atoms with Crippen molar-refractivity contribution < 1.29 is 14.3 Å². The summed E-state index contributed by atoms with van der Waals surface area (Å²) in [5, 5.41) is 0. The van der Waals surface area contributed by atoms with Crippen molar-refractivity contribution in [3.63, 3.8) is 0 Å². The largest absolute Gasteiger partial charge is 0.465 e. The van der Waals surface area contributed by atoms with Gasteiger partial charge in [-0.25, -0.2) is 0 Å². The SMILES string of the molecule is CC(C)(C)C(N)CC(=O)OCC1CCOC1. The maximum atomic E-state index is 11.5. The van der Waals surface area contributed by atoms with E-state index in [0.717, 1.165) is 13.0 Å². The van der Waals surface area contributed by atoms with E-state index in [1.165, 1.54) is 0 Å². The minimum Gasteiger partial charge on any atom is -0.465 e. The summed E-state index contributed by atoms with van der Waals surface area (Å²) in [7, 11) is 0. The number of nitrogens with two attached hydrogens (primary N) is 1. The molecule has 0 aromatic heterocycles. The second-order valence-corrected chi connectivity index (χ2v) is 5.59. The van der Waals surface area contributed by atoms with E-state index in [1.54, 1.807) is 0 Å². The molecular weight excluding hydrogens is 206 g/mol. The van der Waals surface area contributed by atoms with E-state index in [2.05, 4.69) is 0 Å². The quantitative estimate of drug-likeness (QED) is 0.739. The zero-order chi connectivity index (χ0) is 12.2. The Kier molecular flexibility index (Phi) is 4.74. The Morgan fingerprint density at radius 1 is 1.56 bits per heavy atom. The Morgan fingerprint density at radius 3 is 2.75 bits per heavy atom. The van der Waals surface area contributed by atoms with Gasteiger partial charge in [0.15, 0.2) is 0 Å². The van der Waals surface area contributed by atoms with Gasteiger partial charge in [-0.15, -0.1) is 0 Å². The van der Waals surface area contributed by atoms with Crippen molar-refractivity contribution in [1.29, 1.82) is 0 Å². The van der Waals surface area contributed by atoms with Crippen molar-refractivity contribution in [3.05, 3.63) is 0 Å². The van der Waals surface area contributed by atoms with Crippen LogP contribution in [0.5, 0.6) is 0 Å². The Morgan fingerprint density at radius 2 is 2.25 bits per heavy atom. The van der Waals surface area contributed by atoms with E-state index < -0.39 is 0 Å². The van der Waals surface area contributed by atoms with Gasteiger partial charge in [0.25, 0.3) is 0 Å². The highest BCUT2D eigenvalue weighted by Crippen LogP contribution is 2.20. The number of carbonyl (C=O) groups excluding carboxylic acids is 1. The van der Waals surface area contributed by atoms with Crippen LogP contribution >= 0.6 is 0 Å². The number of ether oxygens (including phenoxy) is 2. The molecule has 4 nitrogen and oxygen atoms in total. The van der Waals surface area contributed by atoms with Crippen LogP contribution in [0.1, 0.15) is 33.6 Å². The third-order valence-corrected chi connectivity index (χ3v) is 3.00. The zero-order valence-corrected chi connectivity index (χ0v) is 10.5. The van der Waals surface area contributed by atoms with E-state index in [9.17, 15) is 4.79 Å². The predicted molar refractivity (Wildman–Crippen MR) is 61.9 cm³/mol. The van der Waals surface area contributed by atoms with Crippen molar-refractivity contribution in [3.8, 4) is 0 Å². The predicted octanol–water partition coefficient (Wildman–Crippen LogP) is 1.33. The summed E-state index contributed by atoms with van der Waals surface area (Å²) < 4.78 is 10.4. The molecule has 1 heterocycles. The van der Waals surface area contributed by atoms with Crippen LogP contribution < -0.4 is 5.73 Å². The smallest absolute Gasteiger partial charge is 0.307 e. The normalized spacial score (nSPS) is 23.1. The number of esters is 1. The summed E-state index contributed by atoms with van der Waals surface area (Å²) in [5.41, 5.74) is 5.85. The fraction of sp³-hybridized carbons (Fsp3) is 0.917. The van der Waals surface area contributed by atoms with Crippen molar-refractivity contribution in [2.24, 2.45) is 17.1 Å². The fourth-order valence-corrected chi connectivity index (χ4v) is 1.47. The summed E-state index contributed by atoms with van der Waals surface area (Å²) in [6.45, 7) is 8.03. The maximum Gasteiger partial charge on any atom is 0.307 e. The molecule has 1 fully saturated rings. The maximum absolute atomic E-state index is 11.5. The van der Waals surface area contributed by atoms with E-state index in [4.69, 9.17) is 15.2 Å². The van der Waals surface area contributed by atoms with Crippen molar-refractivity contribution in [1.82, 2.24) is 0 Å². The molecule has 16 heavy (non-hydrogen) atoms. The Balaban J connectivity index is 2.20. The molecule has 2 N–H and O–H groups in total. The van der Waals surface area contributed by atoms with Crippen LogP contribution in [0.4, 0.5) is 0 Å². The highest BCUT2D eigenvalue weighted by Gasteiger charge is 2.24. The van der Waals surface area contributed by atoms with Crippen LogP contribution in [-0.2, 0) is 14.3 Å². The number of carbonyl (C=O) groups is 1. The van der Waals surface area contributed by atoms with Crippen LogP contribution in [-0.4, -0.2) is 31.8 Å². The average molecular weight is 229 g/mol. The lowest BCUT2D eigenvalue weighted by Gasteiger charge is -2.26. The monoisotopic (exact) mass is 229 g/mol. The van der Waals surface area contributed by atoms with E-state index in [-0.39, 0.29) is 23.8 Å². The molecule has 1 saturated heterocycles. The first kappa shape index (κ1) is 13.5. The molecular formula is C12H23NO3. The minimum absolute atomic E-state index is 0.0600. The molecule has 1 aliphatic heterocycles. The molecule has 1 aliphatic rings. The zero-order valence-electron chi connectivity index (χ0n) is 10.5. The van der Waals surface area contributed by atoms with Gasteiger partial charge >= 0.3 is 5.97 Å². The molecule has 0 aromatic rings. The highest BCUT2D eigenvalue weighted by molar-refractivity contribution is 5.70. The second kappa shape index (κ2) is 5.64. The lowest BCUT2D eigenvalue weighted by molar-refractivity contribution is -0.146. The van der Waals surface area contributed by atoms with Gasteiger partial charge in [0, 0.05) is 18.6 Å². The molecule has 0 spiro atoms. The van der Waals surface area contributed by atoms with Crippen LogP contribution in [0.3, 0.4) is 0 Å². The van der Waals surface area contributed by atoms with E-state index >= 15 is 0 Å². The molecule has 0 saturated carbocycles. The molecule has 94 valence electrons. The van der Waals surface area contributed by atoms with Crippen LogP contribution in [0.25, 0.3) is 0 Å². The van der Waals surface area contributed by atoms with Gasteiger partial charge in [-0.1, -0.05) is 20.8 Å². The molecule has 1 rings (SSSR count). The summed E-state index contributed by atoms with van der Waals surface area (Å²) in [6, 6.07) is -0.153. The second-order valence-electron chi connectivity index (χ2n) is 5.59. The third-order valence-electron chi connectivity index (χ3n) is 3.00. The van der Waals surface area contributed by atoms with Crippen molar-refractivity contribution in [2.75, 3.05) is 19.8 Å². The van der Waals surface area contributed by atoms with Crippen LogP contribution in [0.15, 0.2) is 0 Å². The van der Waals surface area contributed by atoms with Crippen LogP contribution in [0.2, 0.25) is 0 Å². The van der Waals surface area contributed by atoms with Gasteiger partial charge < -0.3 is 15.2 Å². The first-order valence-electron chi connectivity index (χ1n) is 5.88. The average Bonchev–Trinajstić information content (AvgIpc) is 2.65. The molecule has 0 amide bonds. The number of rotatable bonds is 4. The molecule has 0 bridgehead atoms. The summed E-state index contributed by atoms with van der Waals surface area (Å²) in [6.07, 6.45) is 1.27. The van der Waals surface area contributed by atoms with Gasteiger partial charge in [-0.2, -0.15) is 0 Å². The highest BCUT2D eigenvalue weighted by atomic mass is 16.5. The van der Waals surface area contributed by atoms with Gasteiger partial charge in [0.2, 0.25) is 0 Å². The Labute approximate surface area is 97.5 Å². The molecule has 2 unspecified atom stereocenters. The summed E-state index contributed by atoms with van der Waals surface area (Å²) in [4.78, 5) is 11.5. The summed E-state index contributed by atoms with van der Waals surface area (Å²) in [5.74, 6) is 0.170. The minimum atomic E-state index is -0.200. The topological polar surface area (TPSA) is 61.6 Å². The van der Waals surface area contributed by atoms with Crippen molar-refractivity contribution >= 4 is 5.97 Å². The summed E-state index contributed by atoms with van der Waals surface area (Å²) >= 11 is 0. The van der Waals surface area contributed by atoms with Gasteiger partial charge in [-0.3, -0.25) is 4.79 Å². The Hall–Kier alpha value is -0.610. The Bertz CT molecular complexity index is 229. The molecule has 0 aromatic carbocycles. The standard InChI is InChI=1S/C12H23NO3/c1-12(2,3)10(13)6-11(14)16-8-9-4-5-15-7-9/h9-10H,4-8,13H2,1-3H3. The molecule has 0 radical (unpaired) electrons. The lowest BCUT2D eigenvalue weighted by atomic mass is 9.85. The number of hydrogen-bond donors (Lipinski definition) is 1. The van der Waals surface area contributed by atoms with Gasteiger partial charge in [0.05, 0.1) is 19.6 Å². The van der Waals surface area contributed by atoms with Gasteiger partial charge in [-0.05, 0) is 11.8 Å². The lowest BCUT2D eigenvalue weighted by Crippen LogP contribution is -2.37. The first-order valence-corrected chi connectivity index (χ1v) is 5.88. The van der Waals surface area contributed by atoms with E-state index in [0.29, 0.717) is 19.1 Å². The van der Waals surface area contributed by atoms with E-state index in [1.807, 2.05) is 20.8 Å². The molecule has 4 heteroatoms. The fourth-order valence-electron chi connectivity index (χ4n) is 1.47.